The molecule has 0 bridgehead atoms. The number of aromatic amines is 1. The van der Waals surface area contributed by atoms with E-state index in [0.717, 1.165) is 24.5 Å². The van der Waals surface area contributed by atoms with Gasteiger partial charge in [-0.3, -0.25) is 9.79 Å². The Balaban J connectivity index is 1.51. The number of fused-ring (bicyclic) bond motifs is 1. The Bertz CT molecular complexity index is 1220. The number of nitrogens with two attached hydrogens (primary N) is 1. The minimum atomic E-state index is -0.664. The van der Waals surface area contributed by atoms with E-state index in [1.54, 1.807) is 25.3 Å². The largest absolute Gasteiger partial charge is 0.405 e. The molecule has 0 atom stereocenters. The van der Waals surface area contributed by atoms with E-state index in [1.165, 1.54) is 24.4 Å². The maximum Gasteiger partial charge on any atom is 0.226 e. The number of halogens is 3. The summed E-state index contributed by atoms with van der Waals surface area (Å²) < 4.78 is 41.9. The van der Waals surface area contributed by atoms with Crippen molar-refractivity contribution in [2.24, 2.45) is 16.6 Å². The molecule has 3 aromatic rings. The Morgan fingerprint density at radius 2 is 1.91 bits per heavy atom. The zero-order valence-electron chi connectivity index (χ0n) is 18.2. The molecule has 0 aliphatic heterocycles. The molecule has 33 heavy (non-hydrogen) atoms. The summed E-state index contributed by atoms with van der Waals surface area (Å²) in [6.07, 6.45) is 4.60. The van der Waals surface area contributed by atoms with Gasteiger partial charge in [-0.15, -0.1) is 0 Å². The van der Waals surface area contributed by atoms with E-state index >= 15 is 0 Å². The van der Waals surface area contributed by atoms with Crippen LogP contribution in [0.25, 0.3) is 22.2 Å². The molecule has 0 unspecified atom stereocenters. The van der Waals surface area contributed by atoms with Gasteiger partial charge < -0.3 is 16.0 Å². The van der Waals surface area contributed by atoms with Crippen LogP contribution in [-0.2, 0) is 4.79 Å². The van der Waals surface area contributed by atoms with E-state index in [0.29, 0.717) is 28.9 Å². The number of aliphatic imine (C=N–C) groups is 1. The number of carbonyl (C=O) groups excluding carboxylic acids is 1. The van der Waals surface area contributed by atoms with Gasteiger partial charge >= 0.3 is 0 Å². The summed E-state index contributed by atoms with van der Waals surface area (Å²) >= 11 is 0. The third-order valence-corrected chi connectivity index (χ3v) is 6.15. The fourth-order valence-corrected chi connectivity index (χ4v) is 4.46. The van der Waals surface area contributed by atoms with Crippen LogP contribution < -0.4 is 11.1 Å². The van der Waals surface area contributed by atoms with E-state index in [9.17, 15) is 18.0 Å². The second-order valence-corrected chi connectivity index (χ2v) is 8.32. The Kier molecular flexibility index (Phi) is 6.53. The van der Waals surface area contributed by atoms with Crippen molar-refractivity contribution >= 4 is 22.5 Å². The van der Waals surface area contributed by atoms with Crippen molar-refractivity contribution in [3.63, 3.8) is 0 Å². The van der Waals surface area contributed by atoms with Crippen molar-refractivity contribution in [1.82, 2.24) is 10.3 Å². The second-order valence-electron chi connectivity index (χ2n) is 8.32. The molecule has 1 aliphatic rings. The number of nitrogens with zero attached hydrogens (tertiary/aromatic N) is 1. The van der Waals surface area contributed by atoms with Crippen molar-refractivity contribution in [2.75, 3.05) is 13.6 Å². The van der Waals surface area contributed by atoms with Crippen LogP contribution >= 0.6 is 0 Å². The number of rotatable bonds is 7. The highest BCUT2D eigenvalue weighted by molar-refractivity contribution is 6.06. The van der Waals surface area contributed by atoms with Gasteiger partial charge in [0.15, 0.2) is 0 Å². The van der Waals surface area contributed by atoms with Crippen molar-refractivity contribution in [3.8, 4) is 11.3 Å². The van der Waals surface area contributed by atoms with Crippen LogP contribution in [-0.4, -0.2) is 30.2 Å². The predicted molar refractivity (Wildman–Crippen MR) is 123 cm³/mol. The highest BCUT2D eigenvalue weighted by Gasteiger charge is 2.34. The molecule has 1 heterocycles. The molecule has 1 aliphatic carbocycles. The van der Waals surface area contributed by atoms with Gasteiger partial charge in [-0.05, 0) is 78.4 Å². The standard InChI is InChI=1S/C25H25F3N4O/c1-30-19(6-7-29)12-22(33)31-13-14-8-16(9-14)23-20-10-18(27)11-21(28)25(20)32-24(23)15-2-4-17(26)5-3-15/h2-7,10-11,14,16,32H,8-9,12-13,29H2,1H3,(H,31,33)/b7-6-,30-19?. The summed E-state index contributed by atoms with van der Waals surface area (Å²) in [5.41, 5.74) is 8.38. The average molecular weight is 454 g/mol. The van der Waals surface area contributed by atoms with Crippen molar-refractivity contribution in [3.05, 3.63) is 71.7 Å². The predicted octanol–water partition coefficient (Wildman–Crippen LogP) is 4.80. The van der Waals surface area contributed by atoms with E-state index < -0.39 is 11.6 Å². The smallest absolute Gasteiger partial charge is 0.226 e. The van der Waals surface area contributed by atoms with E-state index in [2.05, 4.69) is 15.3 Å². The number of allylic oxidation sites excluding steroid dienone is 1. The SMILES string of the molecule is CN=C(/C=C\N)CC(=O)NCC1CC(c2c(-c3ccc(F)cc3)[nH]c3c(F)cc(F)cc23)C1. The average Bonchev–Trinajstić information content (AvgIpc) is 3.12. The van der Waals surface area contributed by atoms with Gasteiger partial charge in [0.05, 0.1) is 17.6 Å². The fourth-order valence-electron chi connectivity index (χ4n) is 4.46. The molecule has 8 heteroatoms. The normalized spacial score (nSPS) is 18.6. The molecule has 0 spiro atoms. The number of amides is 1. The maximum absolute atomic E-state index is 14.5. The van der Waals surface area contributed by atoms with Crippen LogP contribution in [0.4, 0.5) is 13.2 Å². The molecule has 0 radical (unpaired) electrons. The molecule has 2 aromatic carbocycles. The third kappa shape index (κ3) is 4.79. The molecule has 1 fully saturated rings. The number of carbonyl (C=O) groups is 1. The van der Waals surface area contributed by atoms with Gasteiger partial charge in [0.2, 0.25) is 5.91 Å². The van der Waals surface area contributed by atoms with Gasteiger partial charge in [-0.1, -0.05) is 0 Å². The Labute approximate surface area is 189 Å². The number of benzene rings is 2. The minimum absolute atomic E-state index is 0.0647. The molecule has 4 rings (SSSR count). The Hall–Kier alpha value is -3.55. The van der Waals surface area contributed by atoms with E-state index in [4.69, 9.17) is 5.73 Å². The van der Waals surface area contributed by atoms with Gasteiger partial charge in [0, 0.05) is 30.8 Å². The highest BCUT2D eigenvalue weighted by atomic mass is 19.1. The molecule has 1 saturated carbocycles. The Morgan fingerprint density at radius 1 is 1.18 bits per heavy atom. The van der Waals surface area contributed by atoms with Crippen molar-refractivity contribution < 1.29 is 18.0 Å². The van der Waals surface area contributed by atoms with Crippen LogP contribution in [0.1, 0.15) is 30.7 Å². The quantitative estimate of drug-likeness (QED) is 0.449. The topological polar surface area (TPSA) is 83.3 Å². The molecule has 0 saturated heterocycles. The maximum atomic E-state index is 14.5. The lowest BCUT2D eigenvalue weighted by molar-refractivity contribution is -0.120. The highest BCUT2D eigenvalue weighted by Crippen LogP contribution is 2.48. The summed E-state index contributed by atoms with van der Waals surface area (Å²) in [5, 5.41) is 3.41. The molecule has 4 N–H and O–H groups in total. The van der Waals surface area contributed by atoms with E-state index in [-0.39, 0.29) is 35.5 Å². The first-order valence-electron chi connectivity index (χ1n) is 10.8. The number of H-pyrrole nitrogens is 1. The van der Waals surface area contributed by atoms with Crippen LogP contribution in [0.15, 0.2) is 53.7 Å². The summed E-state index contributed by atoms with van der Waals surface area (Å²) in [7, 11) is 1.60. The lowest BCUT2D eigenvalue weighted by Crippen LogP contribution is -2.36. The summed E-state index contributed by atoms with van der Waals surface area (Å²) in [5.74, 6) is -1.51. The number of nitrogens with one attached hydrogen (secondary N) is 2. The van der Waals surface area contributed by atoms with Crippen molar-refractivity contribution in [1.29, 1.82) is 0 Å². The molecule has 5 nitrogen and oxygen atoms in total. The summed E-state index contributed by atoms with van der Waals surface area (Å²) in [4.78, 5) is 19.3. The van der Waals surface area contributed by atoms with Gasteiger partial charge in [-0.2, -0.15) is 0 Å². The summed E-state index contributed by atoms with van der Waals surface area (Å²) in [6.45, 7) is 0.510. The zero-order valence-corrected chi connectivity index (χ0v) is 18.2. The van der Waals surface area contributed by atoms with Crippen LogP contribution in [0.3, 0.4) is 0 Å². The van der Waals surface area contributed by atoms with Crippen LogP contribution in [0, 0.1) is 23.4 Å². The Morgan fingerprint density at radius 3 is 2.58 bits per heavy atom. The van der Waals surface area contributed by atoms with Gasteiger partial charge in [0.1, 0.15) is 17.5 Å². The second kappa shape index (κ2) is 9.52. The molecular formula is C25H25F3N4O. The molecule has 172 valence electrons. The monoisotopic (exact) mass is 454 g/mol. The third-order valence-electron chi connectivity index (χ3n) is 6.15. The van der Waals surface area contributed by atoms with Gasteiger partial charge in [0.25, 0.3) is 0 Å². The number of aromatic nitrogens is 1. The van der Waals surface area contributed by atoms with Gasteiger partial charge in [-0.25, -0.2) is 13.2 Å². The van der Waals surface area contributed by atoms with Crippen LogP contribution in [0.2, 0.25) is 0 Å². The zero-order chi connectivity index (χ0) is 23.5. The fraction of sp³-hybridized carbons (Fsp3) is 0.280. The van der Waals surface area contributed by atoms with E-state index in [1.807, 2.05) is 0 Å². The minimum Gasteiger partial charge on any atom is -0.405 e. The number of hydrogen-bond donors (Lipinski definition) is 3. The van der Waals surface area contributed by atoms with Crippen molar-refractivity contribution in [2.45, 2.75) is 25.2 Å². The first kappa shape index (κ1) is 22.6. The number of hydrogen-bond acceptors (Lipinski definition) is 3. The lowest BCUT2D eigenvalue weighted by Gasteiger charge is -2.36. The molecule has 1 amide bonds. The lowest BCUT2D eigenvalue weighted by atomic mass is 9.70. The summed E-state index contributed by atoms with van der Waals surface area (Å²) in [6, 6.07) is 8.11. The first-order chi connectivity index (χ1) is 15.9. The first-order valence-corrected chi connectivity index (χ1v) is 10.8. The van der Waals surface area contributed by atoms with Crippen LogP contribution in [0.5, 0.6) is 0 Å². The molecular weight excluding hydrogens is 429 g/mol. The molecule has 1 aromatic heterocycles.